The number of fused-ring (bicyclic) bond motifs is 1. The fraction of sp³-hybridized carbons (Fsp3) is 0.462. The van der Waals surface area contributed by atoms with Crippen LogP contribution in [0.4, 0.5) is 0 Å². The van der Waals surface area contributed by atoms with Crippen LogP contribution in [0.3, 0.4) is 0 Å². The summed E-state index contributed by atoms with van der Waals surface area (Å²) < 4.78 is 13.4. The van der Waals surface area contributed by atoms with E-state index in [0.717, 1.165) is 47.5 Å². The Labute approximate surface area is 204 Å². The number of ether oxygens (including phenoxy) is 1. The second kappa shape index (κ2) is 10.1. The van der Waals surface area contributed by atoms with Gasteiger partial charge in [0.25, 0.3) is 5.56 Å². The molecule has 0 unspecified atom stereocenters. The molecule has 0 radical (unpaired) electrons. The summed E-state index contributed by atoms with van der Waals surface area (Å²) in [6.45, 7) is 8.67. The predicted molar refractivity (Wildman–Crippen MR) is 132 cm³/mol. The molecule has 184 valence electrons. The predicted octanol–water partition coefficient (Wildman–Crippen LogP) is 3.99. The van der Waals surface area contributed by atoms with E-state index in [2.05, 4.69) is 45.3 Å². The second-order valence-electron chi connectivity index (χ2n) is 9.74. The van der Waals surface area contributed by atoms with Crippen LogP contribution in [-0.2, 0) is 24.4 Å². The zero-order chi connectivity index (χ0) is 24.4. The van der Waals surface area contributed by atoms with Crippen molar-refractivity contribution in [2.75, 3.05) is 6.61 Å². The van der Waals surface area contributed by atoms with Gasteiger partial charge in [-0.05, 0) is 71.3 Å². The second-order valence-corrected chi connectivity index (χ2v) is 9.74. The first kappa shape index (κ1) is 23.4. The molecule has 9 heteroatoms. The van der Waals surface area contributed by atoms with E-state index in [4.69, 9.17) is 9.15 Å². The fourth-order valence-corrected chi connectivity index (χ4v) is 4.97. The van der Waals surface area contributed by atoms with Crippen LogP contribution in [0.1, 0.15) is 55.4 Å². The Bertz CT molecular complexity index is 1320. The van der Waals surface area contributed by atoms with Crippen LogP contribution >= 0.6 is 0 Å². The van der Waals surface area contributed by atoms with Gasteiger partial charge < -0.3 is 14.1 Å². The van der Waals surface area contributed by atoms with Crippen molar-refractivity contribution >= 4 is 10.9 Å². The third-order valence-corrected chi connectivity index (χ3v) is 6.64. The van der Waals surface area contributed by atoms with E-state index in [1.807, 2.05) is 41.9 Å². The van der Waals surface area contributed by atoms with Gasteiger partial charge in [-0.15, -0.1) is 5.10 Å². The molecular formula is C26H32N6O3. The number of H-pyrrole nitrogens is 1. The number of hydrogen-bond donors (Lipinski definition) is 1. The van der Waals surface area contributed by atoms with Crippen molar-refractivity contribution < 1.29 is 9.15 Å². The molecule has 1 aliphatic rings. The number of furan rings is 1. The largest absolute Gasteiger partial charge is 0.468 e. The smallest absolute Gasteiger partial charge is 0.252 e. The molecule has 0 saturated carbocycles. The Hall–Kier alpha value is -3.30. The number of nitrogens with one attached hydrogen (secondary N) is 1. The third kappa shape index (κ3) is 5.21. The molecule has 2 atom stereocenters. The van der Waals surface area contributed by atoms with Crippen LogP contribution in [-0.4, -0.2) is 42.8 Å². The molecule has 0 bridgehead atoms. The molecule has 1 fully saturated rings. The molecule has 35 heavy (non-hydrogen) atoms. The Morgan fingerprint density at radius 3 is 2.86 bits per heavy atom. The van der Waals surface area contributed by atoms with Gasteiger partial charge in [0.2, 0.25) is 0 Å². The minimum Gasteiger partial charge on any atom is -0.468 e. The molecule has 1 N–H and O–H groups in total. The monoisotopic (exact) mass is 476 g/mol. The number of tetrazole rings is 1. The van der Waals surface area contributed by atoms with Crippen LogP contribution in [0.5, 0.6) is 0 Å². The first-order chi connectivity index (χ1) is 17.0. The van der Waals surface area contributed by atoms with Gasteiger partial charge in [0, 0.05) is 24.2 Å². The molecule has 0 aliphatic carbocycles. The number of pyridine rings is 1. The molecule has 4 heterocycles. The van der Waals surface area contributed by atoms with Gasteiger partial charge in [0.05, 0.1) is 31.5 Å². The van der Waals surface area contributed by atoms with E-state index in [0.29, 0.717) is 25.2 Å². The van der Waals surface area contributed by atoms with Crippen LogP contribution in [0.15, 0.2) is 51.9 Å². The Morgan fingerprint density at radius 1 is 1.23 bits per heavy atom. The van der Waals surface area contributed by atoms with E-state index < -0.39 is 0 Å². The van der Waals surface area contributed by atoms with Gasteiger partial charge in [0.15, 0.2) is 5.82 Å². The topological polar surface area (TPSA) is 102 Å². The summed E-state index contributed by atoms with van der Waals surface area (Å²) in [7, 11) is 0. The van der Waals surface area contributed by atoms with Gasteiger partial charge in [-0.2, -0.15) is 0 Å². The highest BCUT2D eigenvalue weighted by molar-refractivity contribution is 5.79. The van der Waals surface area contributed by atoms with Crippen LogP contribution in [0.2, 0.25) is 0 Å². The SMILES string of the molecule is Cc1ccc2cc(CN(Cc3ccco3)[C@@H](c3nnnn3C[C@H]3CCCO3)C(C)C)c(=O)[nH]c2c1. The number of rotatable bonds is 9. The highest BCUT2D eigenvalue weighted by Crippen LogP contribution is 2.31. The first-order valence-electron chi connectivity index (χ1n) is 12.2. The molecule has 0 spiro atoms. The zero-order valence-electron chi connectivity index (χ0n) is 20.5. The molecular weight excluding hydrogens is 444 g/mol. The van der Waals surface area contributed by atoms with Crippen molar-refractivity contribution in [1.29, 1.82) is 0 Å². The summed E-state index contributed by atoms with van der Waals surface area (Å²) in [5, 5.41) is 13.8. The van der Waals surface area contributed by atoms with Gasteiger partial charge in [-0.3, -0.25) is 9.69 Å². The lowest BCUT2D eigenvalue weighted by molar-refractivity contribution is 0.0836. The molecule has 4 aromatic rings. The number of aryl methyl sites for hydroxylation is 1. The maximum Gasteiger partial charge on any atom is 0.252 e. The molecule has 1 saturated heterocycles. The normalized spacial score (nSPS) is 17.1. The van der Waals surface area contributed by atoms with E-state index in [1.165, 1.54) is 0 Å². The summed E-state index contributed by atoms with van der Waals surface area (Å²) in [6, 6.07) is 11.8. The van der Waals surface area contributed by atoms with Crippen LogP contribution < -0.4 is 5.56 Å². The van der Waals surface area contributed by atoms with Crippen molar-refractivity contribution in [1.82, 2.24) is 30.1 Å². The van der Waals surface area contributed by atoms with E-state index in [1.54, 1.807) is 6.26 Å². The van der Waals surface area contributed by atoms with Crippen molar-refractivity contribution in [2.45, 2.75) is 65.4 Å². The third-order valence-electron chi connectivity index (χ3n) is 6.64. The highest BCUT2D eigenvalue weighted by Gasteiger charge is 2.31. The van der Waals surface area contributed by atoms with E-state index in [-0.39, 0.29) is 23.6 Å². The van der Waals surface area contributed by atoms with Crippen molar-refractivity contribution in [3.05, 3.63) is 75.7 Å². The number of nitrogens with zero attached hydrogens (tertiary/aromatic N) is 5. The first-order valence-corrected chi connectivity index (χ1v) is 12.2. The van der Waals surface area contributed by atoms with Crippen molar-refractivity contribution in [3.63, 3.8) is 0 Å². The molecule has 9 nitrogen and oxygen atoms in total. The molecule has 1 aromatic carbocycles. The number of hydrogen-bond acceptors (Lipinski definition) is 7. The molecule has 0 amide bonds. The van der Waals surface area contributed by atoms with E-state index >= 15 is 0 Å². The molecule has 1 aliphatic heterocycles. The summed E-state index contributed by atoms with van der Waals surface area (Å²) in [4.78, 5) is 18.4. The van der Waals surface area contributed by atoms with Crippen molar-refractivity contribution in [2.24, 2.45) is 5.92 Å². The standard InChI is InChI=1S/C26H32N6O3/c1-17(2)24(25-28-29-30-32(25)16-22-7-5-11-35-22)31(15-21-6-4-10-34-21)14-20-13-19-9-8-18(3)12-23(19)27-26(20)33/h4,6,8-10,12-13,17,22,24H,5,7,11,14-16H2,1-3H3,(H,27,33)/t22-,24-/m1/s1. The summed E-state index contributed by atoms with van der Waals surface area (Å²) >= 11 is 0. The van der Waals surface area contributed by atoms with Crippen molar-refractivity contribution in [3.8, 4) is 0 Å². The average molecular weight is 477 g/mol. The van der Waals surface area contributed by atoms with Gasteiger partial charge >= 0.3 is 0 Å². The Kier molecular flexibility index (Phi) is 6.79. The zero-order valence-corrected chi connectivity index (χ0v) is 20.5. The maximum atomic E-state index is 13.1. The van der Waals surface area contributed by atoms with Gasteiger partial charge in [-0.1, -0.05) is 26.0 Å². The Balaban J connectivity index is 1.51. The number of benzene rings is 1. The highest BCUT2D eigenvalue weighted by atomic mass is 16.5. The fourth-order valence-electron chi connectivity index (χ4n) is 4.97. The number of aromatic nitrogens is 5. The quantitative estimate of drug-likeness (QED) is 0.390. The lowest BCUT2D eigenvalue weighted by Gasteiger charge is -2.33. The van der Waals surface area contributed by atoms with Gasteiger partial charge in [-0.25, -0.2) is 4.68 Å². The van der Waals surface area contributed by atoms with Gasteiger partial charge in [0.1, 0.15) is 5.76 Å². The lowest BCUT2D eigenvalue weighted by Crippen LogP contribution is -2.35. The summed E-state index contributed by atoms with van der Waals surface area (Å²) in [6.07, 6.45) is 3.86. The van der Waals surface area contributed by atoms with E-state index in [9.17, 15) is 4.79 Å². The van der Waals surface area contributed by atoms with Crippen LogP contribution in [0, 0.1) is 12.8 Å². The summed E-state index contributed by atoms with van der Waals surface area (Å²) in [5.41, 5.74) is 2.56. The maximum absolute atomic E-state index is 13.1. The average Bonchev–Trinajstić information content (AvgIpc) is 3.59. The molecule has 3 aromatic heterocycles. The lowest BCUT2D eigenvalue weighted by atomic mass is 10.00. The molecule has 5 rings (SSSR count). The summed E-state index contributed by atoms with van der Waals surface area (Å²) in [5.74, 6) is 1.78. The minimum absolute atomic E-state index is 0.0889. The van der Waals surface area contributed by atoms with Crippen LogP contribution in [0.25, 0.3) is 10.9 Å². The number of aromatic amines is 1. The Morgan fingerprint density at radius 2 is 2.11 bits per heavy atom. The minimum atomic E-state index is -0.135.